The molecule has 2 heterocycles. The van der Waals surface area contributed by atoms with Crippen LogP contribution in [0.3, 0.4) is 0 Å². The lowest BCUT2D eigenvalue weighted by Gasteiger charge is -2.18. The van der Waals surface area contributed by atoms with Gasteiger partial charge in [0.2, 0.25) is 0 Å². The van der Waals surface area contributed by atoms with Gasteiger partial charge in [-0.25, -0.2) is 0 Å². The second kappa shape index (κ2) is 4.64. The highest BCUT2D eigenvalue weighted by Crippen LogP contribution is 2.43. The summed E-state index contributed by atoms with van der Waals surface area (Å²) in [5.41, 5.74) is 1.26. The van der Waals surface area contributed by atoms with Gasteiger partial charge in [0.25, 0.3) is 0 Å². The molecule has 1 fully saturated rings. The minimum Gasteiger partial charge on any atom is -0.506 e. The van der Waals surface area contributed by atoms with Crippen molar-refractivity contribution < 1.29 is 18.3 Å². The summed E-state index contributed by atoms with van der Waals surface area (Å²) in [6.45, 7) is 2.08. The lowest BCUT2D eigenvalue weighted by atomic mass is 10.1. The number of anilines is 1. The molecule has 6 nitrogen and oxygen atoms in total. The Hall–Kier alpha value is -1.25. The van der Waals surface area contributed by atoms with E-state index in [0.717, 1.165) is 21.2 Å². The molecule has 20 heavy (non-hydrogen) atoms. The van der Waals surface area contributed by atoms with Gasteiger partial charge in [-0.15, -0.1) is 11.8 Å². The lowest BCUT2D eigenvalue weighted by Crippen LogP contribution is -2.30. The molecular weight excluding hydrogens is 300 g/mol. The van der Waals surface area contributed by atoms with Crippen molar-refractivity contribution in [3.63, 3.8) is 0 Å². The number of carbonyl (C=O) groups excluding carboxylic acids is 1. The Kier molecular flexibility index (Phi) is 3.19. The van der Waals surface area contributed by atoms with E-state index in [1.165, 1.54) is 0 Å². The van der Waals surface area contributed by atoms with E-state index in [0.29, 0.717) is 11.5 Å². The van der Waals surface area contributed by atoms with Crippen molar-refractivity contribution in [1.29, 1.82) is 0 Å². The first-order chi connectivity index (χ1) is 9.40. The number of phenolic OH excluding ortho intramolecular Hbond substituents is 1. The van der Waals surface area contributed by atoms with Crippen molar-refractivity contribution in [2.24, 2.45) is 0 Å². The number of phenols is 1. The first-order valence-electron chi connectivity index (χ1n) is 6.18. The summed E-state index contributed by atoms with van der Waals surface area (Å²) in [4.78, 5) is 11.7. The van der Waals surface area contributed by atoms with E-state index in [1.54, 1.807) is 23.9 Å². The second-order valence-corrected chi connectivity index (χ2v) is 8.08. The standard InChI is InChI=1S/C12H14N2O4S2/c1-7-2-8-3-10(11(16)4-12(8)19-7)14-5-9(6-15)13-20(14,17)18/h3-4,6-7,9,13,16H,2,5H2,1H3. The maximum atomic E-state index is 12.0. The second-order valence-electron chi connectivity index (χ2n) is 4.98. The van der Waals surface area contributed by atoms with Crippen LogP contribution in [0.4, 0.5) is 5.69 Å². The number of carbonyl (C=O) groups is 1. The molecule has 1 aromatic carbocycles. The molecule has 0 amide bonds. The summed E-state index contributed by atoms with van der Waals surface area (Å²) in [6.07, 6.45) is 1.39. The molecule has 0 bridgehead atoms. The van der Waals surface area contributed by atoms with E-state index < -0.39 is 16.3 Å². The molecular formula is C12H14N2O4S2. The van der Waals surface area contributed by atoms with E-state index in [1.807, 2.05) is 0 Å². The van der Waals surface area contributed by atoms with Crippen LogP contribution in [0, 0.1) is 0 Å². The number of benzene rings is 1. The van der Waals surface area contributed by atoms with Gasteiger partial charge in [0.1, 0.15) is 12.0 Å². The summed E-state index contributed by atoms with van der Waals surface area (Å²) in [5, 5.41) is 10.5. The van der Waals surface area contributed by atoms with Crippen LogP contribution < -0.4 is 9.03 Å². The number of thioether (sulfide) groups is 1. The fourth-order valence-electron chi connectivity index (χ4n) is 2.51. The molecule has 0 spiro atoms. The third-order valence-electron chi connectivity index (χ3n) is 3.38. The van der Waals surface area contributed by atoms with Gasteiger partial charge in [-0.2, -0.15) is 13.1 Å². The molecule has 2 atom stereocenters. The summed E-state index contributed by atoms with van der Waals surface area (Å²) in [6, 6.07) is 2.52. The van der Waals surface area contributed by atoms with Crippen LogP contribution in [-0.4, -0.2) is 37.6 Å². The van der Waals surface area contributed by atoms with Crippen molar-refractivity contribution >= 4 is 33.9 Å². The van der Waals surface area contributed by atoms with E-state index in [-0.39, 0.29) is 18.0 Å². The van der Waals surface area contributed by atoms with Crippen LogP contribution in [-0.2, 0) is 21.4 Å². The van der Waals surface area contributed by atoms with Crippen LogP contribution in [0.5, 0.6) is 5.75 Å². The highest BCUT2D eigenvalue weighted by atomic mass is 32.2. The molecule has 0 aromatic heterocycles. The Morgan fingerprint density at radius 1 is 1.50 bits per heavy atom. The average Bonchev–Trinajstić information content (AvgIpc) is 2.86. The lowest BCUT2D eigenvalue weighted by molar-refractivity contribution is -0.108. The van der Waals surface area contributed by atoms with Gasteiger partial charge in [0, 0.05) is 10.1 Å². The minimum absolute atomic E-state index is 0.000869. The fourth-order valence-corrected chi connectivity index (χ4v) is 5.08. The number of rotatable bonds is 2. The van der Waals surface area contributed by atoms with E-state index in [2.05, 4.69) is 11.6 Å². The molecule has 1 aromatic rings. The molecule has 0 radical (unpaired) electrons. The molecule has 1 saturated heterocycles. The number of nitrogens with zero attached hydrogens (tertiary/aromatic N) is 1. The topological polar surface area (TPSA) is 86.7 Å². The van der Waals surface area contributed by atoms with E-state index in [9.17, 15) is 18.3 Å². The number of nitrogens with one attached hydrogen (secondary N) is 1. The van der Waals surface area contributed by atoms with Crippen molar-refractivity contribution in [3.05, 3.63) is 17.7 Å². The zero-order valence-corrected chi connectivity index (χ0v) is 12.4. The third kappa shape index (κ3) is 2.17. The highest BCUT2D eigenvalue weighted by molar-refractivity contribution is 8.00. The largest absolute Gasteiger partial charge is 0.506 e. The quantitative estimate of drug-likeness (QED) is 0.783. The predicted molar refractivity (Wildman–Crippen MR) is 76.4 cm³/mol. The van der Waals surface area contributed by atoms with Gasteiger partial charge in [0.15, 0.2) is 0 Å². The SMILES string of the molecule is CC1Cc2cc(N3CC(C=O)NS3(=O)=O)c(O)cc2S1. The maximum absolute atomic E-state index is 12.0. The molecule has 108 valence electrons. The number of aromatic hydroxyl groups is 1. The van der Waals surface area contributed by atoms with Crippen molar-refractivity contribution in [2.45, 2.75) is 29.5 Å². The molecule has 2 unspecified atom stereocenters. The van der Waals surface area contributed by atoms with Gasteiger partial charge in [-0.1, -0.05) is 6.92 Å². The van der Waals surface area contributed by atoms with Gasteiger partial charge >= 0.3 is 10.2 Å². The van der Waals surface area contributed by atoms with E-state index in [4.69, 9.17) is 0 Å². The zero-order chi connectivity index (χ0) is 14.5. The summed E-state index contributed by atoms with van der Waals surface area (Å²) in [7, 11) is -3.77. The maximum Gasteiger partial charge on any atom is 0.302 e. The summed E-state index contributed by atoms with van der Waals surface area (Å²) < 4.78 is 27.3. The van der Waals surface area contributed by atoms with Gasteiger partial charge in [-0.3, -0.25) is 4.31 Å². The van der Waals surface area contributed by atoms with Crippen LogP contribution in [0.2, 0.25) is 0 Å². The monoisotopic (exact) mass is 314 g/mol. The Labute approximate surface area is 121 Å². The minimum atomic E-state index is -3.77. The predicted octanol–water partition coefficient (Wildman–Crippen LogP) is 0.651. The summed E-state index contributed by atoms with van der Waals surface area (Å²) >= 11 is 1.66. The molecule has 3 rings (SSSR count). The average molecular weight is 314 g/mol. The molecule has 0 aliphatic carbocycles. The van der Waals surface area contributed by atoms with Gasteiger partial charge in [0.05, 0.1) is 18.3 Å². The molecule has 2 aliphatic heterocycles. The number of hydrogen-bond donors (Lipinski definition) is 2. The van der Waals surface area contributed by atoms with Crippen LogP contribution in [0.25, 0.3) is 0 Å². The number of aldehydes is 1. The highest BCUT2D eigenvalue weighted by Gasteiger charge is 2.37. The smallest absolute Gasteiger partial charge is 0.302 e. The molecule has 2 N–H and O–H groups in total. The number of fused-ring (bicyclic) bond motifs is 1. The summed E-state index contributed by atoms with van der Waals surface area (Å²) in [5.74, 6) is -0.0812. The Bertz CT molecular complexity index is 674. The van der Waals surface area contributed by atoms with Gasteiger partial charge in [-0.05, 0) is 24.1 Å². The Morgan fingerprint density at radius 3 is 2.90 bits per heavy atom. The molecule has 8 heteroatoms. The van der Waals surface area contributed by atoms with Crippen molar-refractivity contribution in [1.82, 2.24) is 4.72 Å². The third-order valence-corrected chi connectivity index (χ3v) is 6.11. The normalized spacial score (nSPS) is 27.6. The first kappa shape index (κ1) is 13.7. The first-order valence-corrected chi connectivity index (χ1v) is 8.50. The number of hydrogen-bond acceptors (Lipinski definition) is 5. The molecule has 0 saturated carbocycles. The van der Waals surface area contributed by atoms with Crippen molar-refractivity contribution in [2.75, 3.05) is 10.8 Å². The van der Waals surface area contributed by atoms with Crippen LogP contribution in [0.15, 0.2) is 17.0 Å². The molecule has 2 aliphatic rings. The van der Waals surface area contributed by atoms with Crippen LogP contribution >= 0.6 is 11.8 Å². The van der Waals surface area contributed by atoms with E-state index >= 15 is 0 Å². The zero-order valence-electron chi connectivity index (χ0n) is 10.7. The van der Waals surface area contributed by atoms with Crippen LogP contribution in [0.1, 0.15) is 12.5 Å². The Balaban J connectivity index is 2.03. The fraction of sp³-hybridized carbons (Fsp3) is 0.417. The van der Waals surface area contributed by atoms with Gasteiger partial charge < -0.3 is 9.90 Å². The van der Waals surface area contributed by atoms with Crippen molar-refractivity contribution in [3.8, 4) is 5.75 Å². The Morgan fingerprint density at radius 2 is 2.25 bits per heavy atom.